The van der Waals surface area contributed by atoms with Gasteiger partial charge in [-0.05, 0) is 41.8 Å². The Labute approximate surface area is 116 Å². The Kier molecular flexibility index (Phi) is 4.97. The lowest BCUT2D eigenvalue weighted by atomic mass is 10.1. The molecule has 1 saturated heterocycles. The van der Waals surface area contributed by atoms with Crippen LogP contribution < -0.4 is 4.90 Å². The molecule has 1 N–H and O–H groups in total. The first-order valence-electron chi connectivity index (χ1n) is 6.36. The first-order valence-corrected chi connectivity index (χ1v) is 7.15. The van der Waals surface area contributed by atoms with Crippen molar-refractivity contribution in [3.8, 4) is 0 Å². The molecule has 0 bridgehead atoms. The van der Waals surface area contributed by atoms with Crippen LogP contribution in [0.15, 0.2) is 16.7 Å². The lowest BCUT2D eigenvalue weighted by molar-refractivity contribution is 0.0458. The van der Waals surface area contributed by atoms with Gasteiger partial charge in [-0.3, -0.25) is 0 Å². The number of halogens is 1. The van der Waals surface area contributed by atoms with Crippen molar-refractivity contribution >= 4 is 21.7 Å². The minimum absolute atomic E-state index is 0.0210. The highest BCUT2D eigenvalue weighted by Gasteiger charge is 2.21. The molecule has 0 amide bonds. The van der Waals surface area contributed by atoms with Crippen LogP contribution in [-0.4, -0.2) is 35.9 Å². The maximum atomic E-state index is 9.40. The highest BCUT2D eigenvalue weighted by molar-refractivity contribution is 9.10. The average molecular weight is 315 g/mol. The molecule has 0 aliphatic carbocycles. The molecule has 0 unspecified atom stereocenters. The summed E-state index contributed by atoms with van der Waals surface area (Å²) < 4.78 is 6.54. The SMILES string of the molecule is CCOC1CCN(c2ncc(Br)cc2CO)CC1. The predicted molar refractivity (Wildman–Crippen MR) is 74.7 cm³/mol. The molecule has 1 aliphatic heterocycles. The van der Waals surface area contributed by atoms with Crippen molar-refractivity contribution in [2.75, 3.05) is 24.6 Å². The topological polar surface area (TPSA) is 45.6 Å². The summed E-state index contributed by atoms with van der Waals surface area (Å²) in [7, 11) is 0. The minimum atomic E-state index is 0.0210. The minimum Gasteiger partial charge on any atom is -0.392 e. The number of pyridine rings is 1. The Morgan fingerprint density at radius 3 is 2.83 bits per heavy atom. The van der Waals surface area contributed by atoms with Gasteiger partial charge >= 0.3 is 0 Å². The normalized spacial score (nSPS) is 17.2. The van der Waals surface area contributed by atoms with Gasteiger partial charge in [0.2, 0.25) is 0 Å². The number of aliphatic hydroxyl groups excluding tert-OH is 1. The third-order valence-corrected chi connectivity index (χ3v) is 3.66. The summed E-state index contributed by atoms with van der Waals surface area (Å²) in [6.45, 7) is 4.71. The smallest absolute Gasteiger partial charge is 0.134 e. The molecule has 2 rings (SSSR count). The highest BCUT2D eigenvalue weighted by atomic mass is 79.9. The molecule has 100 valence electrons. The van der Waals surface area contributed by atoms with E-state index in [2.05, 4.69) is 25.8 Å². The molecule has 5 heteroatoms. The van der Waals surface area contributed by atoms with Crippen molar-refractivity contribution in [1.29, 1.82) is 0 Å². The first kappa shape index (κ1) is 13.8. The van der Waals surface area contributed by atoms with Crippen molar-refractivity contribution in [2.45, 2.75) is 32.5 Å². The van der Waals surface area contributed by atoms with Gasteiger partial charge in [-0.15, -0.1) is 0 Å². The van der Waals surface area contributed by atoms with E-state index in [4.69, 9.17) is 4.74 Å². The molecule has 4 nitrogen and oxygen atoms in total. The van der Waals surface area contributed by atoms with E-state index >= 15 is 0 Å². The van der Waals surface area contributed by atoms with E-state index in [1.165, 1.54) is 0 Å². The monoisotopic (exact) mass is 314 g/mol. The first-order chi connectivity index (χ1) is 8.74. The lowest BCUT2D eigenvalue weighted by Crippen LogP contribution is -2.38. The lowest BCUT2D eigenvalue weighted by Gasteiger charge is -2.33. The highest BCUT2D eigenvalue weighted by Crippen LogP contribution is 2.25. The molecule has 0 aromatic carbocycles. The summed E-state index contributed by atoms with van der Waals surface area (Å²) in [5.41, 5.74) is 0.874. The molecule has 2 heterocycles. The van der Waals surface area contributed by atoms with Crippen LogP contribution >= 0.6 is 15.9 Å². The van der Waals surface area contributed by atoms with Gasteiger partial charge in [0, 0.05) is 35.9 Å². The second kappa shape index (κ2) is 6.50. The van der Waals surface area contributed by atoms with E-state index in [0.717, 1.165) is 48.4 Å². The number of anilines is 1. The van der Waals surface area contributed by atoms with Gasteiger partial charge in [0.15, 0.2) is 0 Å². The molecule has 18 heavy (non-hydrogen) atoms. The van der Waals surface area contributed by atoms with Crippen molar-refractivity contribution in [2.24, 2.45) is 0 Å². The summed E-state index contributed by atoms with van der Waals surface area (Å²) in [6, 6.07) is 1.93. The zero-order valence-corrected chi connectivity index (χ0v) is 12.2. The second-order valence-electron chi connectivity index (χ2n) is 4.44. The number of nitrogens with zero attached hydrogens (tertiary/aromatic N) is 2. The number of ether oxygens (including phenoxy) is 1. The third-order valence-electron chi connectivity index (χ3n) is 3.22. The van der Waals surface area contributed by atoms with Crippen LogP contribution in [0.3, 0.4) is 0 Å². The Morgan fingerprint density at radius 2 is 2.22 bits per heavy atom. The van der Waals surface area contributed by atoms with E-state index in [1.807, 2.05) is 13.0 Å². The Bertz CT molecular complexity index is 393. The van der Waals surface area contributed by atoms with Gasteiger partial charge < -0.3 is 14.7 Å². The molecular weight excluding hydrogens is 296 g/mol. The summed E-state index contributed by atoms with van der Waals surface area (Å²) in [5.74, 6) is 0.899. The standard InChI is InChI=1S/C13H19BrN2O2/c1-2-18-12-3-5-16(6-4-12)13-10(9-17)7-11(14)8-15-13/h7-8,12,17H,2-6,9H2,1H3. The Balaban J connectivity index is 2.05. The van der Waals surface area contributed by atoms with Crippen molar-refractivity contribution in [3.63, 3.8) is 0 Å². The fraction of sp³-hybridized carbons (Fsp3) is 0.615. The van der Waals surface area contributed by atoms with Crippen LogP contribution in [0.2, 0.25) is 0 Å². The average Bonchev–Trinajstić information content (AvgIpc) is 2.40. The van der Waals surface area contributed by atoms with Crippen LogP contribution in [0.1, 0.15) is 25.3 Å². The molecule has 1 aliphatic rings. The molecule has 0 saturated carbocycles. The van der Waals surface area contributed by atoms with Gasteiger partial charge in [-0.2, -0.15) is 0 Å². The van der Waals surface area contributed by atoms with E-state index in [0.29, 0.717) is 6.10 Å². The fourth-order valence-corrected chi connectivity index (χ4v) is 2.72. The zero-order chi connectivity index (χ0) is 13.0. The van der Waals surface area contributed by atoms with E-state index < -0.39 is 0 Å². The third kappa shape index (κ3) is 3.22. The fourth-order valence-electron chi connectivity index (χ4n) is 2.35. The molecule has 1 aromatic heterocycles. The number of aromatic nitrogens is 1. The van der Waals surface area contributed by atoms with E-state index in [1.54, 1.807) is 6.20 Å². The molecule has 0 spiro atoms. The van der Waals surface area contributed by atoms with Crippen molar-refractivity contribution in [3.05, 3.63) is 22.3 Å². The van der Waals surface area contributed by atoms with Crippen LogP contribution in [0.25, 0.3) is 0 Å². The quantitative estimate of drug-likeness (QED) is 0.926. The van der Waals surface area contributed by atoms with Crippen LogP contribution in [-0.2, 0) is 11.3 Å². The largest absolute Gasteiger partial charge is 0.392 e. The van der Waals surface area contributed by atoms with Gasteiger partial charge in [-0.1, -0.05) is 0 Å². The maximum absolute atomic E-state index is 9.40. The molecule has 0 atom stereocenters. The second-order valence-corrected chi connectivity index (χ2v) is 5.35. The molecule has 1 aromatic rings. The van der Waals surface area contributed by atoms with Gasteiger partial charge in [-0.25, -0.2) is 4.98 Å². The van der Waals surface area contributed by atoms with Crippen LogP contribution in [0.4, 0.5) is 5.82 Å². The van der Waals surface area contributed by atoms with Crippen molar-refractivity contribution in [1.82, 2.24) is 4.98 Å². The summed E-state index contributed by atoms with van der Waals surface area (Å²) in [5, 5.41) is 9.40. The van der Waals surface area contributed by atoms with Crippen LogP contribution in [0.5, 0.6) is 0 Å². The van der Waals surface area contributed by atoms with E-state index in [-0.39, 0.29) is 6.61 Å². The summed E-state index contributed by atoms with van der Waals surface area (Å²) in [4.78, 5) is 6.65. The molecular formula is C13H19BrN2O2. The van der Waals surface area contributed by atoms with Crippen molar-refractivity contribution < 1.29 is 9.84 Å². The van der Waals surface area contributed by atoms with Gasteiger partial charge in [0.1, 0.15) is 5.82 Å². The number of rotatable bonds is 4. The number of piperidine rings is 1. The number of hydrogen-bond acceptors (Lipinski definition) is 4. The number of aliphatic hydroxyl groups is 1. The predicted octanol–water partition coefficient (Wildman–Crippen LogP) is 2.34. The summed E-state index contributed by atoms with van der Waals surface area (Å²) >= 11 is 3.38. The summed E-state index contributed by atoms with van der Waals surface area (Å²) in [6.07, 6.45) is 4.20. The van der Waals surface area contributed by atoms with Gasteiger partial charge in [0.25, 0.3) is 0 Å². The van der Waals surface area contributed by atoms with Gasteiger partial charge in [0.05, 0.1) is 12.7 Å². The number of hydrogen-bond donors (Lipinski definition) is 1. The molecule has 0 radical (unpaired) electrons. The Morgan fingerprint density at radius 1 is 1.50 bits per heavy atom. The maximum Gasteiger partial charge on any atom is 0.134 e. The Hall–Kier alpha value is -0.650. The van der Waals surface area contributed by atoms with Crippen LogP contribution in [0, 0.1) is 0 Å². The molecule has 1 fully saturated rings. The van der Waals surface area contributed by atoms with E-state index in [9.17, 15) is 5.11 Å². The zero-order valence-electron chi connectivity index (χ0n) is 10.6.